The Morgan fingerprint density at radius 3 is 2.55 bits per heavy atom. The molecule has 0 atom stereocenters. The molecule has 166 valence electrons. The minimum absolute atomic E-state index is 0.363. The first-order valence-electron chi connectivity index (χ1n) is 10.8. The van der Waals surface area contributed by atoms with Crippen molar-refractivity contribution >= 4 is 22.5 Å². The molecular formula is C24H20F2N6O. The molecule has 0 saturated carbocycles. The third-order valence-corrected chi connectivity index (χ3v) is 6.05. The zero-order valence-electron chi connectivity index (χ0n) is 17.7. The molecule has 1 saturated heterocycles. The number of aromatic nitrogens is 4. The number of hydrogen-bond acceptors (Lipinski definition) is 6. The average Bonchev–Trinajstić information content (AvgIpc) is 3.52. The summed E-state index contributed by atoms with van der Waals surface area (Å²) in [5, 5.41) is 9.75. The van der Waals surface area contributed by atoms with E-state index in [-0.39, 0.29) is 0 Å². The van der Waals surface area contributed by atoms with Gasteiger partial charge < -0.3 is 9.32 Å². The maximum absolute atomic E-state index is 14.1. The molecule has 4 heterocycles. The van der Waals surface area contributed by atoms with Crippen molar-refractivity contribution < 1.29 is 13.2 Å². The number of fused-ring (bicyclic) bond motifs is 3. The average molecular weight is 446 g/mol. The molecule has 6 rings (SSSR count). The third-order valence-electron chi connectivity index (χ3n) is 6.05. The Morgan fingerprint density at radius 1 is 0.879 bits per heavy atom. The van der Waals surface area contributed by atoms with E-state index in [4.69, 9.17) is 9.40 Å². The van der Waals surface area contributed by atoms with Crippen molar-refractivity contribution in [2.75, 3.05) is 31.1 Å². The molecule has 1 aliphatic rings. The fraction of sp³-hybridized carbons (Fsp3) is 0.208. The largest absolute Gasteiger partial charge is 0.461 e. The van der Waals surface area contributed by atoms with Crippen molar-refractivity contribution in [3.63, 3.8) is 0 Å². The van der Waals surface area contributed by atoms with Crippen molar-refractivity contribution in [3.8, 4) is 11.6 Å². The van der Waals surface area contributed by atoms with Gasteiger partial charge in [-0.1, -0.05) is 24.3 Å². The summed E-state index contributed by atoms with van der Waals surface area (Å²) in [5.74, 6) is 0.350. The summed E-state index contributed by atoms with van der Waals surface area (Å²) in [6.45, 7) is 3.08. The van der Waals surface area contributed by atoms with Crippen LogP contribution in [0.25, 0.3) is 28.1 Å². The molecule has 2 aromatic carbocycles. The van der Waals surface area contributed by atoms with E-state index >= 15 is 0 Å². The first-order valence-corrected chi connectivity index (χ1v) is 10.8. The predicted octanol–water partition coefficient (Wildman–Crippen LogP) is 4.14. The number of piperazine rings is 1. The third kappa shape index (κ3) is 3.41. The van der Waals surface area contributed by atoms with Gasteiger partial charge in [0, 0.05) is 43.7 Å². The second-order valence-electron chi connectivity index (χ2n) is 8.07. The van der Waals surface area contributed by atoms with E-state index in [0.29, 0.717) is 55.5 Å². The summed E-state index contributed by atoms with van der Waals surface area (Å²) in [6.07, 6.45) is 1.61. The summed E-state index contributed by atoms with van der Waals surface area (Å²) in [4.78, 5) is 9.24. The number of halogens is 2. The number of benzene rings is 2. The summed E-state index contributed by atoms with van der Waals surface area (Å²) >= 11 is 0. The minimum Gasteiger partial charge on any atom is -0.461 e. The fourth-order valence-corrected chi connectivity index (χ4v) is 4.36. The molecular weight excluding hydrogens is 426 g/mol. The molecule has 0 spiro atoms. The van der Waals surface area contributed by atoms with Crippen LogP contribution in [0.15, 0.2) is 65.3 Å². The molecule has 0 bridgehead atoms. The van der Waals surface area contributed by atoms with Gasteiger partial charge in [0.15, 0.2) is 23.0 Å². The van der Waals surface area contributed by atoms with Crippen molar-refractivity contribution in [2.24, 2.45) is 0 Å². The number of anilines is 1. The molecule has 0 radical (unpaired) electrons. The van der Waals surface area contributed by atoms with Crippen LogP contribution in [0, 0.1) is 11.6 Å². The Hall–Kier alpha value is -3.85. The van der Waals surface area contributed by atoms with Crippen LogP contribution in [-0.4, -0.2) is 50.7 Å². The number of furan rings is 1. The van der Waals surface area contributed by atoms with Crippen LogP contribution in [0.5, 0.6) is 0 Å². The Morgan fingerprint density at radius 2 is 1.73 bits per heavy atom. The van der Waals surface area contributed by atoms with Gasteiger partial charge in [-0.3, -0.25) is 4.90 Å². The number of hydrogen-bond donors (Lipinski definition) is 0. The highest BCUT2D eigenvalue weighted by atomic mass is 19.2. The summed E-state index contributed by atoms with van der Waals surface area (Å²) < 4.78 is 35.2. The monoisotopic (exact) mass is 446 g/mol. The summed E-state index contributed by atoms with van der Waals surface area (Å²) in [7, 11) is 0. The van der Waals surface area contributed by atoms with Crippen LogP contribution in [0.3, 0.4) is 0 Å². The lowest BCUT2D eigenvalue weighted by Crippen LogP contribution is -2.47. The molecule has 1 aliphatic heterocycles. The maximum atomic E-state index is 14.1. The lowest BCUT2D eigenvalue weighted by molar-refractivity contribution is 0.244. The molecule has 0 N–H and O–H groups in total. The van der Waals surface area contributed by atoms with Crippen molar-refractivity contribution in [2.45, 2.75) is 6.54 Å². The second kappa shape index (κ2) is 7.93. The molecule has 0 amide bonds. The van der Waals surface area contributed by atoms with Crippen LogP contribution in [0.4, 0.5) is 14.7 Å². The van der Waals surface area contributed by atoms with Gasteiger partial charge in [0.1, 0.15) is 0 Å². The molecule has 0 aliphatic carbocycles. The molecule has 9 heteroatoms. The van der Waals surface area contributed by atoms with Crippen molar-refractivity contribution in [1.82, 2.24) is 24.5 Å². The Kier molecular flexibility index (Phi) is 4.76. The van der Waals surface area contributed by atoms with E-state index in [1.165, 1.54) is 0 Å². The van der Waals surface area contributed by atoms with Crippen LogP contribution in [0.2, 0.25) is 0 Å². The van der Waals surface area contributed by atoms with Crippen LogP contribution < -0.4 is 4.90 Å². The number of nitrogens with zero attached hydrogens (tertiary/aromatic N) is 6. The lowest BCUT2D eigenvalue weighted by Gasteiger charge is -2.35. The Labute approximate surface area is 187 Å². The normalized spacial score (nSPS) is 15.0. The van der Waals surface area contributed by atoms with Crippen LogP contribution in [-0.2, 0) is 6.54 Å². The number of para-hydroxylation sites is 1. The van der Waals surface area contributed by atoms with Gasteiger partial charge in [-0.15, -0.1) is 10.2 Å². The van der Waals surface area contributed by atoms with E-state index in [9.17, 15) is 8.78 Å². The highest BCUT2D eigenvalue weighted by Crippen LogP contribution is 2.29. The lowest BCUT2D eigenvalue weighted by atomic mass is 10.1. The zero-order chi connectivity index (χ0) is 22.4. The predicted molar refractivity (Wildman–Crippen MR) is 120 cm³/mol. The van der Waals surface area contributed by atoms with Gasteiger partial charge in [-0.05, 0) is 30.3 Å². The number of rotatable bonds is 4. The highest BCUT2D eigenvalue weighted by Gasteiger charge is 2.25. The highest BCUT2D eigenvalue weighted by molar-refractivity contribution is 5.93. The first-order chi connectivity index (χ1) is 16.2. The summed E-state index contributed by atoms with van der Waals surface area (Å²) in [6, 6.07) is 15.8. The summed E-state index contributed by atoms with van der Waals surface area (Å²) in [5.41, 5.74) is 1.92. The smallest absolute Gasteiger partial charge is 0.213 e. The SMILES string of the molecule is Fc1cccc(CN2CCN(c3nc4ccccc4c4nnc(-c5ccco5)n34)CC2)c1F. The van der Waals surface area contributed by atoms with Gasteiger partial charge in [-0.2, -0.15) is 0 Å². The molecule has 5 aromatic rings. The quantitative estimate of drug-likeness (QED) is 0.414. The van der Waals surface area contributed by atoms with Gasteiger partial charge in [0.2, 0.25) is 11.8 Å². The van der Waals surface area contributed by atoms with Gasteiger partial charge in [0.05, 0.1) is 11.8 Å². The molecule has 3 aromatic heterocycles. The van der Waals surface area contributed by atoms with Gasteiger partial charge in [-0.25, -0.2) is 18.2 Å². The standard InChI is InChI=1S/C24H20F2N6O/c25-18-7-3-5-16(21(18)26)15-30-10-12-31(13-11-30)24-27-19-8-2-1-6-17(19)22-28-29-23(32(22)24)20-9-4-14-33-20/h1-9,14H,10-13,15H2. The minimum atomic E-state index is -0.813. The van der Waals surface area contributed by atoms with Crippen LogP contribution in [0.1, 0.15) is 5.56 Å². The van der Waals surface area contributed by atoms with Gasteiger partial charge in [0.25, 0.3) is 0 Å². The van der Waals surface area contributed by atoms with Crippen LogP contribution >= 0.6 is 0 Å². The van der Waals surface area contributed by atoms with E-state index in [2.05, 4.69) is 20.0 Å². The molecule has 33 heavy (non-hydrogen) atoms. The Balaban J connectivity index is 1.34. The van der Waals surface area contributed by atoms with E-state index in [0.717, 1.165) is 22.9 Å². The van der Waals surface area contributed by atoms with E-state index < -0.39 is 11.6 Å². The first kappa shape index (κ1) is 19.8. The van der Waals surface area contributed by atoms with Crippen molar-refractivity contribution in [3.05, 3.63) is 78.1 Å². The molecule has 1 fully saturated rings. The van der Waals surface area contributed by atoms with Crippen molar-refractivity contribution in [1.29, 1.82) is 0 Å². The van der Waals surface area contributed by atoms with E-state index in [1.54, 1.807) is 18.4 Å². The topological polar surface area (TPSA) is 62.7 Å². The second-order valence-corrected chi connectivity index (χ2v) is 8.07. The Bertz CT molecular complexity index is 1440. The molecule has 7 nitrogen and oxygen atoms in total. The fourth-order valence-electron chi connectivity index (χ4n) is 4.36. The van der Waals surface area contributed by atoms with Gasteiger partial charge >= 0.3 is 0 Å². The van der Waals surface area contributed by atoms with E-state index in [1.807, 2.05) is 40.8 Å². The zero-order valence-corrected chi connectivity index (χ0v) is 17.7. The maximum Gasteiger partial charge on any atom is 0.213 e. The molecule has 0 unspecified atom stereocenters.